The summed E-state index contributed by atoms with van der Waals surface area (Å²) in [5.74, 6) is 0.799. The van der Waals surface area contributed by atoms with Crippen LogP contribution in [0.5, 0.6) is 0 Å². The smallest absolute Gasteiger partial charge is 0.237 e. The molecule has 6 nitrogen and oxygen atoms in total. The predicted molar refractivity (Wildman–Crippen MR) is 132 cm³/mol. The summed E-state index contributed by atoms with van der Waals surface area (Å²) in [5, 5.41) is 9.54. The van der Waals surface area contributed by atoms with Crippen molar-refractivity contribution in [3.8, 4) is 0 Å². The second-order valence-electron chi connectivity index (χ2n) is 8.39. The third kappa shape index (κ3) is 3.64. The fourth-order valence-electron chi connectivity index (χ4n) is 4.66. The Morgan fingerprint density at radius 2 is 1.71 bits per heavy atom. The number of benzene rings is 3. The van der Waals surface area contributed by atoms with E-state index in [1.54, 1.807) is 12.1 Å². The molecule has 0 saturated carbocycles. The van der Waals surface area contributed by atoms with Gasteiger partial charge in [0.05, 0.1) is 23.3 Å². The number of hydrogen-bond donors (Lipinski definition) is 0. The average molecular weight is 472 g/mol. The number of nitrogens with zero attached hydrogens (tertiary/aromatic N) is 5. The molecule has 0 N–H and O–H groups in total. The maximum absolute atomic E-state index is 13.4. The lowest BCUT2D eigenvalue weighted by Crippen LogP contribution is -2.36. The van der Waals surface area contributed by atoms with Gasteiger partial charge in [0.2, 0.25) is 11.7 Å². The fraction of sp³-hybridized carbons (Fsp3) is 0.192. The van der Waals surface area contributed by atoms with Crippen molar-refractivity contribution in [3.63, 3.8) is 0 Å². The lowest BCUT2D eigenvalue weighted by atomic mass is 10.0. The number of aryl methyl sites for hydroxylation is 1. The minimum atomic E-state index is -0.256. The molecule has 0 bridgehead atoms. The molecule has 6 rings (SSSR count). The lowest BCUT2D eigenvalue weighted by molar-refractivity contribution is -0.116. The van der Waals surface area contributed by atoms with Gasteiger partial charge >= 0.3 is 0 Å². The minimum absolute atomic E-state index is 0.0731. The zero-order valence-corrected chi connectivity index (χ0v) is 19.2. The lowest BCUT2D eigenvalue weighted by Gasteiger charge is -2.29. The van der Waals surface area contributed by atoms with Crippen LogP contribution in [0.2, 0.25) is 0 Å². The second kappa shape index (κ2) is 8.61. The van der Waals surface area contributed by atoms with E-state index in [2.05, 4.69) is 20.8 Å². The van der Waals surface area contributed by atoms with Gasteiger partial charge in [0.1, 0.15) is 5.82 Å². The van der Waals surface area contributed by atoms with Crippen molar-refractivity contribution in [1.29, 1.82) is 0 Å². The molecule has 3 aromatic carbocycles. The van der Waals surface area contributed by atoms with Gasteiger partial charge in [-0.05, 0) is 54.3 Å². The van der Waals surface area contributed by atoms with Crippen molar-refractivity contribution in [1.82, 2.24) is 19.2 Å². The largest absolute Gasteiger partial charge is 0.311 e. The zero-order valence-electron chi connectivity index (χ0n) is 18.4. The molecule has 1 aliphatic heterocycles. The number of hydrogen-bond acceptors (Lipinski definition) is 4. The zero-order chi connectivity index (χ0) is 23.1. The standard InChI is InChI=1S/C26H22FN5OS/c27-20-13-11-18(12-14-20)16-31-22-9-3-4-10-23(22)32-25(31)28-29-26(32)34-17-24(33)30-15-5-7-19-6-1-2-8-21(19)30/h1-4,6,8-14H,5,7,15-17H2. The molecule has 0 aliphatic carbocycles. The Kier molecular flexibility index (Phi) is 5.30. The third-order valence-electron chi connectivity index (χ3n) is 6.26. The molecule has 0 radical (unpaired) electrons. The van der Waals surface area contributed by atoms with Crippen molar-refractivity contribution in [2.75, 3.05) is 17.2 Å². The van der Waals surface area contributed by atoms with E-state index >= 15 is 0 Å². The molecule has 0 spiro atoms. The number of fused-ring (bicyclic) bond motifs is 4. The quantitative estimate of drug-likeness (QED) is 0.341. The van der Waals surface area contributed by atoms with Gasteiger partial charge in [-0.3, -0.25) is 9.20 Å². The van der Waals surface area contributed by atoms with E-state index in [4.69, 9.17) is 0 Å². The number of rotatable bonds is 5. The Morgan fingerprint density at radius 1 is 0.941 bits per heavy atom. The molecule has 5 aromatic rings. The summed E-state index contributed by atoms with van der Waals surface area (Å²) in [5.41, 5.74) is 5.20. The fourth-order valence-corrected chi connectivity index (χ4v) is 5.47. The van der Waals surface area contributed by atoms with Crippen LogP contribution in [0.3, 0.4) is 0 Å². The van der Waals surface area contributed by atoms with E-state index in [1.165, 1.54) is 29.5 Å². The number of amides is 1. The van der Waals surface area contributed by atoms with Gasteiger partial charge in [-0.2, -0.15) is 0 Å². The monoisotopic (exact) mass is 471 g/mol. The number of imidazole rings is 1. The summed E-state index contributed by atoms with van der Waals surface area (Å²) in [6, 6.07) is 22.7. The second-order valence-corrected chi connectivity index (χ2v) is 9.33. The molecule has 170 valence electrons. The van der Waals surface area contributed by atoms with Crippen LogP contribution in [0.1, 0.15) is 17.5 Å². The summed E-state index contributed by atoms with van der Waals surface area (Å²) < 4.78 is 17.4. The van der Waals surface area contributed by atoms with Crippen LogP contribution in [0, 0.1) is 5.82 Å². The van der Waals surface area contributed by atoms with Crippen LogP contribution in [0.4, 0.5) is 10.1 Å². The van der Waals surface area contributed by atoms with Crippen molar-refractivity contribution in [2.24, 2.45) is 0 Å². The van der Waals surface area contributed by atoms with E-state index < -0.39 is 0 Å². The molecule has 0 atom stereocenters. The van der Waals surface area contributed by atoms with Crippen LogP contribution in [0.15, 0.2) is 78.0 Å². The SMILES string of the molecule is O=C(CSc1nnc2n(Cc3ccc(F)cc3)c3ccccc3n12)N1CCCc2ccccc21. The number of carbonyl (C=O) groups excluding carboxylic acids is 1. The number of thioether (sulfide) groups is 1. The highest BCUT2D eigenvalue weighted by Crippen LogP contribution is 2.30. The minimum Gasteiger partial charge on any atom is -0.311 e. The molecule has 1 aliphatic rings. The first-order chi connectivity index (χ1) is 16.7. The van der Waals surface area contributed by atoms with Crippen molar-refractivity contribution >= 4 is 40.2 Å². The highest BCUT2D eigenvalue weighted by Gasteiger charge is 2.24. The number of anilines is 1. The van der Waals surface area contributed by atoms with Crippen LogP contribution >= 0.6 is 11.8 Å². The van der Waals surface area contributed by atoms with Gasteiger partial charge in [-0.1, -0.05) is 54.2 Å². The molecular weight excluding hydrogens is 449 g/mol. The molecular formula is C26H22FN5OS. The summed E-state index contributed by atoms with van der Waals surface area (Å²) in [6.07, 6.45) is 1.98. The highest BCUT2D eigenvalue weighted by atomic mass is 32.2. The number of halogens is 1. The number of para-hydroxylation sites is 3. The van der Waals surface area contributed by atoms with E-state index in [0.717, 1.165) is 41.7 Å². The van der Waals surface area contributed by atoms with Crippen molar-refractivity contribution in [2.45, 2.75) is 24.5 Å². The summed E-state index contributed by atoms with van der Waals surface area (Å²) in [6.45, 7) is 1.28. The Labute approximate surface area is 200 Å². The molecule has 0 unspecified atom stereocenters. The Bertz CT molecular complexity index is 1510. The molecule has 3 heterocycles. The Hall–Kier alpha value is -3.65. The maximum Gasteiger partial charge on any atom is 0.237 e. The summed E-state index contributed by atoms with van der Waals surface area (Å²) >= 11 is 1.40. The van der Waals surface area contributed by atoms with Gasteiger partial charge in [-0.25, -0.2) is 4.39 Å². The molecule has 34 heavy (non-hydrogen) atoms. The number of aromatic nitrogens is 4. The maximum atomic E-state index is 13.4. The van der Waals surface area contributed by atoms with Gasteiger partial charge in [0.25, 0.3) is 0 Å². The van der Waals surface area contributed by atoms with Gasteiger partial charge in [0.15, 0.2) is 5.16 Å². The molecule has 0 fully saturated rings. The van der Waals surface area contributed by atoms with Gasteiger partial charge in [-0.15, -0.1) is 10.2 Å². The van der Waals surface area contributed by atoms with Crippen LogP contribution in [0.25, 0.3) is 16.8 Å². The molecule has 1 amide bonds. The highest BCUT2D eigenvalue weighted by molar-refractivity contribution is 7.99. The van der Waals surface area contributed by atoms with Gasteiger partial charge < -0.3 is 9.47 Å². The predicted octanol–water partition coefficient (Wildman–Crippen LogP) is 4.94. The molecule has 0 saturated heterocycles. The average Bonchev–Trinajstić information content (AvgIpc) is 3.42. The van der Waals surface area contributed by atoms with E-state index in [1.807, 2.05) is 51.8 Å². The topological polar surface area (TPSA) is 55.4 Å². The van der Waals surface area contributed by atoms with Crippen LogP contribution < -0.4 is 4.90 Å². The summed E-state index contributed by atoms with van der Waals surface area (Å²) in [7, 11) is 0. The Morgan fingerprint density at radius 3 is 2.56 bits per heavy atom. The third-order valence-corrected chi connectivity index (χ3v) is 7.17. The van der Waals surface area contributed by atoms with E-state index in [9.17, 15) is 9.18 Å². The van der Waals surface area contributed by atoms with E-state index in [0.29, 0.717) is 17.5 Å². The number of carbonyl (C=O) groups is 1. The first-order valence-electron chi connectivity index (χ1n) is 11.3. The Balaban J connectivity index is 1.30. The van der Waals surface area contributed by atoms with Crippen LogP contribution in [-0.4, -0.2) is 37.4 Å². The van der Waals surface area contributed by atoms with Crippen molar-refractivity contribution < 1.29 is 9.18 Å². The van der Waals surface area contributed by atoms with Crippen LogP contribution in [-0.2, 0) is 17.8 Å². The normalized spacial score (nSPS) is 13.5. The summed E-state index contributed by atoms with van der Waals surface area (Å²) in [4.78, 5) is 15.0. The first-order valence-corrected chi connectivity index (χ1v) is 12.3. The molecule has 8 heteroatoms. The van der Waals surface area contributed by atoms with Gasteiger partial charge in [0, 0.05) is 12.2 Å². The first kappa shape index (κ1) is 20.9. The van der Waals surface area contributed by atoms with E-state index in [-0.39, 0.29) is 17.5 Å². The van der Waals surface area contributed by atoms with Crippen molar-refractivity contribution in [3.05, 3.63) is 89.7 Å². The molecule has 2 aromatic heterocycles.